The normalized spacial score (nSPS) is 11.9. The van der Waals surface area contributed by atoms with Gasteiger partial charge in [0.15, 0.2) is 10.4 Å². The number of hydrogen-bond acceptors (Lipinski definition) is 4. The summed E-state index contributed by atoms with van der Waals surface area (Å²) in [5.74, 6) is 0.978. The third kappa shape index (κ3) is 4.14. The number of nitrogens with one attached hydrogen (secondary N) is 1. The lowest BCUT2D eigenvalue weighted by Crippen LogP contribution is -2.31. The fourth-order valence-electron chi connectivity index (χ4n) is 2.69. The number of benzene rings is 1. The SMILES string of the molecule is Cc1ccc(C(C)NC(=O)c2ccccc2N(C)C(=O)c2ccc(Br)o2)o1. The first-order valence-electron chi connectivity index (χ1n) is 8.36. The van der Waals surface area contributed by atoms with Crippen LogP contribution in [0.25, 0.3) is 0 Å². The van der Waals surface area contributed by atoms with Crippen LogP contribution < -0.4 is 10.2 Å². The number of carbonyl (C=O) groups excluding carboxylic acids is 2. The van der Waals surface area contributed by atoms with Crippen molar-refractivity contribution in [1.29, 1.82) is 0 Å². The molecule has 2 aromatic heterocycles. The molecule has 6 nitrogen and oxygen atoms in total. The highest BCUT2D eigenvalue weighted by atomic mass is 79.9. The maximum absolute atomic E-state index is 12.8. The zero-order valence-electron chi connectivity index (χ0n) is 15.2. The number of anilines is 1. The predicted octanol–water partition coefficient (Wildman–Crippen LogP) is 4.71. The van der Waals surface area contributed by atoms with Crippen molar-refractivity contribution in [2.75, 3.05) is 11.9 Å². The molecule has 0 bridgehead atoms. The lowest BCUT2D eigenvalue weighted by molar-refractivity contribution is 0.0935. The molecule has 0 fully saturated rings. The molecule has 7 heteroatoms. The van der Waals surface area contributed by atoms with Gasteiger partial charge in [0.1, 0.15) is 11.5 Å². The second kappa shape index (κ2) is 7.84. The van der Waals surface area contributed by atoms with Crippen molar-refractivity contribution in [2.24, 2.45) is 0 Å². The van der Waals surface area contributed by atoms with Crippen LogP contribution in [0.2, 0.25) is 0 Å². The van der Waals surface area contributed by atoms with Gasteiger partial charge in [-0.2, -0.15) is 0 Å². The summed E-state index contributed by atoms with van der Waals surface area (Å²) in [4.78, 5) is 26.8. The minimum absolute atomic E-state index is 0.180. The average Bonchev–Trinajstić information content (AvgIpc) is 3.29. The Morgan fingerprint density at radius 1 is 1.07 bits per heavy atom. The van der Waals surface area contributed by atoms with Crippen LogP contribution in [0.4, 0.5) is 5.69 Å². The molecule has 2 amide bonds. The number of furan rings is 2. The fraction of sp³-hybridized carbons (Fsp3) is 0.200. The number of rotatable bonds is 5. The van der Waals surface area contributed by atoms with Crippen LogP contribution in [-0.4, -0.2) is 18.9 Å². The number of para-hydroxylation sites is 1. The molecule has 0 spiro atoms. The molecule has 1 aromatic carbocycles. The Hall–Kier alpha value is -2.80. The molecule has 0 saturated carbocycles. The molecule has 3 aromatic rings. The number of hydrogen-bond donors (Lipinski definition) is 1. The maximum atomic E-state index is 12.8. The molecule has 0 radical (unpaired) electrons. The van der Waals surface area contributed by atoms with Crippen molar-refractivity contribution >= 4 is 33.4 Å². The highest BCUT2D eigenvalue weighted by molar-refractivity contribution is 9.10. The predicted molar refractivity (Wildman–Crippen MR) is 105 cm³/mol. The minimum Gasteiger partial charge on any atom is -0.464 e. The summed E-state index contributed by atoms with van der Waals surface area (Å²) in [6.45, 7) is 3.69. The van der Waals surface area contributed by atoms with Crippen molar-refractivity contribution in [3.63, 3.8) is 0 Å². The van der Waals surface area contributed by atoms with E-state index >= 15 is 0 Å². The van der Waals surface area contributed by atoms with Crippen molar-refractivity contribution in [3.8, 4) is 0 Å². The van der Waals surface area contributed by atoms with Gasteiger partial charge in [-0.3, -0.25) is 9.59 Å². The van der Waals surface area contributed by atoms with Gasteiger partial charge >= 0.3 is 0 Å². The highest BCUT2D eigenvalue weighted by Gasteiger charge is 2.23. The van der Waals surface area contributed by atoms with E-state index in [4.69, 9.17) is 8.83 Å². The van der Waals surface area contributed by atoms with E-state index in [2.05, 4.69) is 21.2 Å². The van der Waals surface area contributed by atoms with E-state index in [-0.39, 0.29) is 23.6 Å². The second-order valence-electron chi connectivity index (χ2n) is 6.13. The Kier molecular flexibility index (Phi) is 5.51. The van der Waals surface area contributed by atoms with Gasteiger partial charge in [-0.05, 0) is 66.2 Å². The largest absolute Gasteiger partial charge is 0.464 e. The zero-order valence-corrected chi connectivity index (χ0v) is 16.7. The molecular formula is C20H19BrN2O4. The van der Waals surface area contributed by atoms with E-state index in [1.807, 2.05) is 26.0 Å². The van der Waals surface area contributed by atoms with Gasteiger partial charge in [0.05, 0.1) is 17.3 Å². The summed E-state index contributed by atoms with van der Waals surface area (Å²) in [5, 5.41) is 2.90. The number of nitrogens with zero attached hydrogens (tertiary/aromatic N) is 1. The monoisotopic (exact) mass is 430 g/mol. The van der Waals surface area contributed by atoms with Crippen LogP contribution in [0, 0.1) is 6.92 Å². The first kappa shape index (κ1) is 19.0. The van der Waals surface area contributed by atoms with Crippen molar-refractivity contribution in [3.05, 3.63) is 76.0 Å². The zero-order chi connectivity index (χ0) is 19.6. The van der Waals surface area contributed by atoms with Gasteiger partial charge in [0.2, 0.25) is 0 Å². The first-order valence-corrected chi connectivity index (χ1v) is 9.15. The lowest BCUT2D eigenvalue weighted by atomic mass is 10.1. The van der Waals surface area contributed by atoms with Crippen LogP contribution in [0.3, 0.4) is 0 Å². The van der Waals surface area contributed by atoms with Gasteiger partial charge in [-0.25, -0.2) is 0 Å². The molecule has 0 aliphatic heterocycles. The summed E-state index contributed by atoms with van der Waals surface area (Å²) in [5.41, 5.74) is 0.865. The van der Waals surface area contributed by atoms with Crippen molar-refractivity contribution < 1.29 is 18.4 Å². The molecule has 2 heterocycles. The summed E-state index contributed by atoms with van der Waals surface area (Å²) in [6.07, 6.45) is 0. The number of halogens is 1. The van der Waals surface area contributed by atoms with E-state index in [1.165, 1.54) is 4.90 Å². The van der Waals surface area contributed by atoms with Crippen LogP contribution in [0.5, 0.6) is 0 Å². The molecule has 3 rings (SSSR count). The lowest BCUT2D eigenvalue weighted by Gasteiger charge is -2.20. The van der Waals surface area contributed by atoms with Gasteiger partial charge in [0.25, 0.3) is 11.8 Å². The molecule has 0 aliphatic rings. The third-order valence-electron chi connectivity index (χ3n) is 4.13. The second-order valence-corrected chi connectivity index (χ2v) is 6.91. The van der Waals surface area contributed by atoms with Gasteiger partial charge < -0.3 is 19.1 Å². The molecular weight excluding hydrogens is 412 g/mol. The molecule has 140 valence electrons. The molecule has 0 saturated heterocycles. The summed E-state index contributed by atoms with van der Waals surface area (Å²) >= 11 is 3.18. The summed E-state index contributed by atoms with van der Waals surface area (Å²) in [7, 11) is 1.60. The smallest absolute Gasteiger partial charge is 0.293 e. The standard InChI is InChI=1S/C20H19BrN2O4/c1-12-8-9-16(26-12)13(2)22-19(24)14-6-4-5-7-15(14)23(3)20(25)17-10-11-18(21)27-17/h4-11,13H,1-3H3,(H,22,24). The number of aryl methyl sites for hydroxylation is 1. The van der Waals surface area contributed by atoms with E-state index < -0.39 is 0 Å². The topological polar surface area (TPSA) is 75.7 Å². The Morgan fingerprint density at radius 3 is 2.44 bits per heavy atom. The Bertz CT molecular complexity index is 976. The third-order valence-corrected chi connectivity index (χ3v) is 4.56. The van der Waals surface area contributed by atoms with E-state index in [0.29, 0.717) is 21.7 Å². The van der Waals surface area contributed by atoms with Crippen LogP contribution in [0.15, 0.2) is 62.0 Å². The summed E-state index contributed by atoms with van der Waals surface area (Å²) in [6, 6.07) is 13.5. The van der Waals surface area contributed by atoms with Crippen molar-refractivity contribution in [2.45, 2.75) is 19.9 Å². The van der Waals surface area contributed by atoms with Crippen LogP contribution >= 0.6 is 15.9 Å². The first-order chi connectivity index (χ1) is 12.9. The summed E-state index contributed by atoms with van der Waals surface area (Å²) < 4.78 is 11.4. The Balaban J connectivity index is 1.82. The highest BCUT2D eigenvalue weighted by Crippen LogP contribution is 2.24. The van der Waals surface area contributed by atoms with Crippen LogP contribution in [-0.2, 0) is 0 Å². The Labute approximate surface area is 165 Å². The molecule has 1 atom stereocenters. The molecule has 1 N–H and O–H groups in total. The van der Waals surface area contributed by atoms with Crippen LogP contribution in [0.1, 0.15) is 45.4 Å². The number of carbonyl (C=O) groups is 2. The average molecular weight is 431 g/mol. The van der Waals surface area contributed by atoms with E-state index in [1.54, 1.807) is 43.4 Å². The van der Waals surface area contributed by atoms with Gasteiger partial charge in [0, 0.05) is 7.05 Å². The van der Waals surface area contributed by atoms with E-state index in [0.717, 1.165) is 5.76 Å². The Morgan fingerprint density at radius 2 is 1.81 bits per heavy atom. The van der Waals surface area contributed by atoms with Crippen molar-refractivity contribution in [1.82, 2.24) is 5.32 Å². The molecule has 0 aliphatic carbocycles. The van der Waals surface area contributed by atoms with Gasteiger partial charge in [-0.15, -0.1) is 0 Å². The van der Waals surface area contributed by atoms with E-state index in [9.17, 15) is 9.59 Å². The fourth-order valence-corrected chi connectivity index (χ4v) is 3.00. The quantitative estimate of drug-likeness (QED) is 0.635. The number of amides is 2. The minimum atomic E-state index is -0.351. The molecule has 1 unspecified atom stereocenters. The van der Waals surface area contributed by atoms with Gasteiger partial charge in [-0.1, -0.05) is 12.1 Å². The molecule has 27 heavy (non-hydrogen) atoms. The maximum Gasteiger partial charge on any atom is 0.293 e.